The predicted molar refractivity (Wildman–Crippen MR) is 71.2 cm³/mol. The van der Waals surface area contributed by atoms with Gasteiger partial charge >= 0.3 is 0 Å². The van der Waals surface area contributed by atoms with Crippen LogP contribution in [0, 0.1) is 5.92 Å². The van der Waals surface area contributed by atoms with Gasteiger partial charge in [-0.05, 0) is 31.6 Å². The molecule has 2 aliphatic carbocycles. The lowest BCUT2D eigenvalue weighted by molar-refractivity contribution is -0.121. The Balaban J connectivity index is 1.47. The van der Waals surface area contributed by atoms with Crippen LogP contribution in [-0.2, 0) is 9.53 Å². The highest BCUT2D eigenvalue weighted by Gasteiger charge is 2.29. The van der Waals surface area contributed by atoms with Crippen LogP contribution in [0.15, 0.2) is 0 Å². The van der Waals surface area contributed by atoms with Crippen molar-refractivity contribution in [1.82, 2.24) is 5.32 Å². The van der Waals surface area contributed by atoms with Crippen molar-refractivity contribution in [3.63, 3.8) is 0 Å². The largest absolute Gasteiger partial charge is 0.376 e. The van der Waals surface area contributed by atoms with Crippen molar-refractivity contribution in [3.05, 3.63) is 0 Å². The second-order valence-electron chi connectivity index (χ2n) is 5.69. The number of carbonyl (C=O) groups excluding carboxylic acids is 1. The van der Waals surface area contributed by atoms with E-state index in [9.17, 15) is 4.79 Å². The van der Waals surface area contributed by atoms with Gasteiger partial charge in [0, 0.05) is 19.0 Å². The second-order valence-corrected chi connectivity index (χ2v) is 5.69. The van der Waals surface area contributed by atoms with Gasteiger partial charge in [-0.3, -0.25) is 4.79 Å². The van der Waals surface area contributed by atoms with Crippen molar-refractivity contribution in [2.24, 2.45) is 11.7 Å². The molecule has 104 valence electrons. The Morgan fingerprint density at radius 2 is 1.94 bits per heavy atom. The molecule has 1 unspecified atom stereocenters. The zero-order valence-corrected chi connectivity index (χ0v) is 11.2. The van der Waals surface area contributed by atoms with E-state index >= 15 is 0 Å². The lowest BCUT2D eigenvalue weighted by atomic mass is 9.98. The SMILES string of the molecule is NC(CC(=O)NCCOC1CCCCC1)C1CC1. The van der Waals surface area contributed by atoms with Crippen molar-refractivity contribution in [2.75, 3.05) is 13.2 Å². The standard InChI is InChI=1S/C14H26N2O2/c15-13(11-6-7-11)10-14(17)16-8-9-18-12-4-2-1-3-5-12/h11-13H,1-10,15H2,(H,16,17). The molecule has 0 heterocycles. The van der Waals surface area contributed by atoms with Crippen LogP contribution in [0.2, 0.25) is 0 Å². The highest BCUT2D eigenvalue weighted by Crippen LogP contribution is 2.32. The van der Waals surface area contributed by atoms with E-state index in [1.54, 1.807) is 0 Å². The number of nitrogens with one attached hydrogen (secondary N) is 1. The van der Waals surface area contributed by atoms with Crippen molar-refractivity contribution in [1.29, 1.82) is 0 Å². The van der Waals surface area contributed by atoms with Crippen LogP contribution in [0.25, 0.3) is 0 Å². The summed E-state index contributed by atoms with van der Waals surface area (Å²) in [5, 5.41) is 2.89. The molecular formula is C14H26N2O2. The molecule has 0 saturated heterocycles. The molecule has 0 spiro atoms. The van der Waals surface area contributed by atoms with E-state index in [0.717, 1.165) is 0 Å². The number of amides is 1. The third-order valence-corrected chi connectivity index (χ3v) is 3.98. The van der Waals surface area contributed by atoms with Crippen molar-refractivity contribution in [2.45, 2.75) is 63.5 Å². The van der Waals surface area contributed by atoms with Gasteiger partial charge in [0.05, 0.1) is 12.7 Å². The number of ether oxygens (including phenoxy) is 1. The Hall–Kier alpha value is -0.610. The summed E-state index contributed by atoms with van der Waals surface area (Å²) in [6, 6.07) is 0.0595. The lowest BCUT2D eigenvalue weighted by Crippen LogP contribution is -2.35. The maximum absolute atomic E-state index is 11.6. The number of hydrogen-bond acceptors (Lipinski definition) is 3. The van der Waals surface area contributed by atoms with Crippen LogP contribution >= 0.6 is 0 Å². The van der Waals surface area contributed by atoms with E-state index in [2.05, 4.69) is 5.32 Å². The first kappa shape index (κ1) is 13.8. The third kappa shape index (κ3) is 4.94. The van der Waals surface area contributed by atoms with Gasteiger partial charge in [-0.1, -0.05) is 19.3 Å². The summed E-state index contributed by atoms with van der Waals surface area (Å²) in [6.07, 6.45) is 9.55. The van der Waals surface area contributed by atoms with Gasteiger partial charge in [0.25, 0.3) is 0 Å². The molecule has 1 atom stereocenters. The number of carbonyl (C=O) groups is 1. The first-order chi connectivity index (χ1) is 8.75. The molecule has 4 nitrogen and oxygen atoms in total. The summed E-state index contributed by atoms with van der Waals surface area (Å²) in [5.74, 6) is 0.663. The third-order valence-electron chi connectivity index (χ3n) is 3.98. The predicted octanol–water partition coefficient (Wildman–Crippen LogP) is 1.58. The van der Waals surface area contributed by atoms with Gasteiger partial charge in [0.15, 0.2) is 0 Å². The first-order valence-electron chi connectivity index (χ1n) is 7.39. The summed E-state index contributed by atoms with van der Waals surface area (Å²) in [6.45, 7) is 1.25. The number of hydrogen-bond donors (Lipinski definition) is 2. The van der Waals surface area contributed by atoms with Crippen LogP contribution in [0.4, 0.5) is 0 Å². The minimum Gasteiger partial charge on any atom is -0.376 e. The Bertz CT molecular complexity index is 261. The molecule has 2 saturated carbocycles. The molecule has 3 N–H and O–H groups in total. The van der Waals surface area contributed by atoms with Gasteiger partial charge < -0.3 is 15.8 Å². The summed E-state index contributed by atoms with van der Waals surface area (Å²) in [5.41, 5.74) is 5.91. The number of nitrogens with two attached hydrogens (primary N) is 1. The average molecular weight is 254 g/mol. The summed E-state index contributed by atoms with van der Waals surface area (Å²) < 4.78 is 5.75. The normalized spacial score (nSPS) is 22.7. The van der Waals surface area contributed by atoms with E-state index in [-0.39, 0.29) is 11.9 Å². The minimum atomic E-state index is 0.0595. The van der Waals surface area contributed by atoms with E-state index in [1.807, 2.05) is 0 Å². The highest BCUT2D eigenvalue weighted by molar-refractivity contribution is 5.76. The maximum atomic E-state index is 11.6. The zero-order valence-electron chi connectivity index (χ0n) is 11.2. The molecule has 18 heavy (non-hydrogen) atoms. The van der Waals surface area contributed by atoms with Crippen LogP contribution < -0.4 is 11.1 Å². The van der Waals surface area contributed by atoms with Crippen LogP contribution in [0.3, 0.4) is 0 Å². The van der Waals surface area contributed by atoms with Crippen LogP contribution in [0.1, 0.15) is 51.4 Å². The smallest absolute Gasteiger partial charge is 0.221 e. The van der Waals surface area contributed by atoms with Crippen LogP contribution in [-0.4, -0.2) is 31.2 Å². The average Bonchev–Trinajstić information content (AvgIpc) is 3.20. The molecule has 0 bridgehead atoms. The van der Waals surface area contributed by atoms with E-state index in [1.165, 1.54) is 44.9 Å². The molecule has 1 amide bonds. The molecule has 4 heteroatoms. The monoisotopic (exact) mass is 254 g/mol. The Morgan fingerprint density at radius 3 is 2.61 bits per heavy atom. The summed E-state index contributed by atoms with van der Waals surface area (Å²) in [7, 11) is 0. The van der Waals surface area contributed by atoms with Crippen molar-refractivity contribution < 1.29 is 9.53 Å². The molecule has 2 rings (SSSR count). The van der Waals surface area contributed by atoms with Gasteiger partial charge in [-0.2, -0.15) is 0 Å². The van der Waals surface area contributed by atoms with Gasteiger partial charge in [-0.25, -0.2) is 0 Å². The van der Waals surface area contributed by atoms with E-state index in [4.69, 9.17) is 10.5 Å². The van der Waals surface area contributed by atoms with Gasteiger partial charge in [0.2, 0.25) is 5.91 Å². The first-order valence-corrected chi connectivity index (χ1v) is 7.39. The molecular weight excluding hydrogens is 228 g/mol. The fourth-order valence-corrected chi connectivity index (χ4v) is 2.63. The Kier molecular flexibility index (Phi) is 5.45. The molecule has 2 fully saturated rings. The van der Waals surface area contributed by atoms with E-state index < -0.39 is 0 Å². The number of rotatable bonds is 7. The van der Waals surface area contributed by atoms with Crippen LogP contribution in [0.5, 0.6) is 0 Å². The second kappa shape index (κ2) is 7.10. The quantitative estimate of drug-likeness (QED) is 0.678. The molecule has 0 radical (unpaired) electrons. The molecule has 0 aromatic rings. The fraction of sp³-hybridized carbons (Fsp3) is 0.929. The molecule has 2 aliphatic rings. The fourth-order valence-electron chi connectivity index (χ4n) is 2.63. The minimum absolute atomic E-state index is 0.0595. The Labute approximate surface area is 110 Å². The molecule has 0 aromatic heterocycles. The van der Waals surface area contributed by atoms with Crippen molar-refractivity contribution in [3.8, 4) is 0 Å². The zero-order chi connectivity index (χ0) is 12.8. The molecule has 0 aromatic carbocycles. The summed E-state index contributed by atoms with van der Waals surface area (Å²) in [4.78, 5) is 11.6. The lowest BCUT2D eigenvalue weighted by Gasteiger charge is -2.22. The van der Waals surface area contributed by atoms with Gasteiger partial charge in [0.1, 0.15) is 0 Å². The van der Waals surface area contributed by atoms with Gasteiger partial charge in [-0.15, -0.1) is 0 Å². The molecule has 0 aliphatic heterocycles. The topological polar surface area (TPSA) is 64.4 Å². The van der Waals surface area contributed by atoms with E-state index in [0.29, 0.717) is 31.6 Å². The highest BCUT2D eigenvalue weighted by atomic mass is 16.5. The van der Waals surface area contributed by atoms with Crippen molar-refractivity contribution >= 4 is 5.91 Å². The Morgan fingerprint density at radius 1 is 1.22 bits per heavy atom. The summed E-state index contributed by atoms with van der Waals surface area (Å²) >= 11 is 0. The maximum Gasteiger partial charge on any atom is 0.221 e.